The standard InChI is InChI=1S/C19H24O2/c1-4-13-10-11(2)9-12(3)16(13)17-18(20)14-7-5-6-8-15(14)19(17)21/h7,9-10,15,17,19,21H,4-6,8H2,1-3H3. The summed E-state index contributed by atoms with van der Waals surface area (Å²) < 4.78 is 0. The number of benzene rings is 1. The number of ketones is 1. The molecular formula is C19H24O2. The summed E-state index contributed by atoms with van der Waals surface area (Å²) in [6.45, 7) is 6.28. The summed E-state index contributed by atoms with van der Waals surface area (Å²) in [5, 5.41) is 10.8. The molecule has 0 bridgehead atoms. The van der Waals surface area contributed by atoms with Gasteiger partial charge in [-0.25, -0.2) is 0 Å². The molecule has 1 saturated carbocycles. The predicted octanol–water partition coefficient (Wildman–Crippen LogP) is 3.62. The Labute approximate surface area is 126 Å². The molecule has 0 heterocycles. The Balaban J connectivity index is 2.11. The molecule has 1 aromatic carbocycles. The van der Waals surface area contributed by atoms with Crippen LogP contribution in [0.3, 0.4) is 0 Å². The van der Waals surface area contributed by atoms with E-state index in [1.807, 2.05) is 0 Å². The summed E-state index contributed by atoms with van der Waals surface area (Å²) in [6, 6.07) is 4.30. The fourth-order valence-corrected chi connectivity index (χ4v) is 4.21. The average molecular weight is 284 g/mol. The van der Waals surface area contributed by atoms with Crippen LogP contribution in [0.25, 0.3) is 0 Å². The van der Waals surface area contributed by atoms with Gasteiger partial charge in [0.25, 0.3) is 0 Å². The van der Waals surface area contributed by atoms with Crippen LogP contribution in [0.4, 0.5) is 0 Å². The molecule has 3 unspecified atom stereocenters. The van der Waals surface area contributed by atoms with Gasteiger partial charge in [-0.3, -0.25) is 4.79 Å². The van der Waals surface area contributed by atoms with Crippen LogP contribution in [0.1, 0.15) is 54.4 Å². The average Bonchev–Trinajstić information content (AvgIpc) is 2.71. The first kappa shape index (κ1) is 14.5. The molecule has 3 rings (SSSR count). The highest BCUT2D eigenvalue weighted by Crippen LogP contribution is 2.45. The highest BCUT2D eigenvalue weighted by molar-refractivity contribution is 6.04. The van der Waals surface area contributed by atoms with Gasteiger partial charge in [0.15, 0.2) is 5.78 Å². The Hall–Kier alpha value is -1.41. The molecule has 0 aliphatic heterocycles. The van der Waals surface area contributed by atoms with E-state index in [0.29, 0.717) is 0 Å². The number of allylic oxidation sites excluding steroid dienone is 1. The van der Waals surface area contributed by atoms with Crippen LogP contribution in [0, 0.1) is 19.8 Å². The van der Waals surface area contributed by atoms with Gasteiger partial charge in [-0.15, -0.1) is 0 Å². The molecule has 1 N–H and O–H groups in total. The zero-order chi connectivity index (χ0) is 15.1. The SMILES string of the molecule is CCc1cc(C)cc(C)c1C1C(=O)C2=CCCCC2C1O. The van der Waals surface area contributed by atoms with E-state index in [1.165, 1.54) is 11.1 Å². The smallest absolute Gasteiger partial charge is 0.169 e. The van der Waals surface area contributed by atoms with Gasteiger partial charge in [0.1, 0.15) is 0 Å². The van der Waals surface area contributed by atoms with Gasteiger partial charge in [0.2, 0.25) is 0 Å². The normalized spacial score (nSPS) is 28.5. The Morgan fingerprint density at radius 3 is 2.71 bits per heavy atom. The summed E-state index contributed by atoms with van der Waals surface area (Å²) in [4.78, 5) is 12.8. The molecule has 2 heteroatoms. The predicted molar refractivity (Wildman–Crippen MR) is 84.5 cm³/mol. The first-order chi connectivity index (χ1) is 10.0. The van der Waals surface area contributed by atoms with E-state index in [9.17, 15) is 9.90 Å². The highest BCUT2D eigenvalue weighted by Gasteiger charge is 2.47. The maximum atomic E-state index is 12.8. The van der Waals surface area contributed by atoms with Gasteiger partial charge in [0.05, 0.1) is 12.0 Å². The van der Waals surface area contributed by atoms with Crippen molar-refractivity contribution >= 4 is 5.78 Å². The van der Waals surface area contributed by atoms with Crippen molar-refractivity contribution in [3.8, 4) is 0 Å². The van der Waals surface area contributed by atoms with Crippen LogP contribution in [0.5, 0.6) is 0 Å². The van der Waals surface area contributed by atoms with E-state index in [2.05, 4.69) is 39.0 Å². The maximum Gasteiger partial charge on any atom is 0.169 e. The second-order valence-electron chi connectivity index (χ2n) is 6.54. The summed E-state index contributed by atoms with van der Waals surface area (Å²) in [5.74, 6) is -0.134. The van der Waals surface area contributed by atoms with E-state index in [-0.39, 0.29) is 17.6 Å². The lowest BCUT2D eigenvalue weighted by atomic mass is 9.84. The van der Waals surface area contributed by atoms with Gasteiger partial charge < -0.3 is 5.11 Å². The quantitative estimate of drug-likeness (QED) is 0.900. The van der Waals surface area contributed by atoms with Gasteiger partial charge in [-0.1, -0.05) is 30.7 Å². The molecular weight excluding hydrogens is 260 g/mol. The largest absolute Gasteiger partial charge is 0.391 e. The molecule has 0 radical (unpaired) electrons. The Morgan fingerprint density at radius 1 is 1.29 bits per heavy atom. The lowest BCUT2D eigenvalue weighted by Crippen LogP contribution is -2.23. The first-order valence-electron chi connectivity index (χ1n) is 8.07. The van der Waals surface area contributed by atoms with Gasteiger partial charge in [0, 0.05) is 5.92 Å². The number of aliphatic hydroxyl groups excluding tert-OH is 1. The third-order valence-corrected chi connectivity index (χ3v) is 5.11. The number of hydrogen-bond donors (Lipinski definition) is 1. The molecule has 2 aliphatic rings. The Bertz CT molecular complexity index is 612. The number of Topliss-reactive ketones (excluding diaryl/α,β-unsaturated/α-hetero) is 1. The molecule has 0 spiro atoms. The number of fused-ring (bicyclic) bond motifs is 1. The minimum atomic E-state index is -0.546. The highest BCUT2D eigenvalue weighted by atomic mass is 16.3. The third-order valence-electron chi connectivity index (χ3n) is 5.11. The van der Waals surface area contributed by atoms with Crippen LogP contribution in [0.15, 0.2) is 23.8 Å². The van der Waals surface area contributed by atoms with E-state index in [1.54, 1.807) is 0 Å². The van der Waals surface area contributed by atoms with Crippen molar-refractivity contribution in [1.82, 2.24) is 0 Å². The minimum absolute atomic E-state index is 0.0571. The van der Waals surface area contributed by atoms with Crippen molar-refractivity contribution < 1.29 is 9.90 Å². The van der Waals surface area contributed by atoms with Gasteiger partial charge in [-0.05, 0) is 61.8 Å². The Morgan fingerprint density at radius 2 is 2.05 bits per heavy atom. The number of aliphatic hydroxyl groups is 1. The lowest BCUT2D eigenvalue weighted by molar-refractivity contribution is -0.116. The number of hydrogen-bond acceptors (Lipinski definition) is 2. The monoisotopic (exact) mass is 284 g/mol. The molecule has 0 aromatic heterocycles. The van der Waals surface area contributed by atoms with Crippen LogP contribution in [0.2, 0.25) is 0 Å². The molecule has 3 atom stereocenters. The molecule has 21 heavy (non-hydrogen) atoms. The molecule has 0 amide bonds. The van der Waals surface area contributed by atoms with Gasteiger partial charge >= 0.3 is 0 Å². The van der Waals surface area contributed by atoms with Crippen LogP contribution >= 0.6 is 0 Å². The van der Waals surface area contributed by atoms with Gasteiger partial charge in [-0.2, -0.15) is 0 Å². The lowest BCUT2D eigenvalue weighted by Gasteiger charge is -2.23. The zero-order valence-corrected chi connectivity index (χ0v) is 13.1. The van der Waals surface area contributed by atoms with Crippen LogP contribution in [-0.4, -0.2) is 17.0 Å². The topological polar surface area (TPSA) is 37.3 Å². The molecule has 112 valence electrons. The number of rotatable bonds is 2. The van der Waals surface area contributed by atoms with E-state index in [0.717, 1.165) is 42.4 Å². The number of aryl methyl sites for hydroxylation is 3. The van der Waals surface area contributed by atoms with Crippen LogP contribution < -0.4 is 0 Å². The summed E-state index contributed by atoms with van der Waals surface area (Å²) in [7, 11) is 0. The van der Waals surface area contributed by atoms with Crippen molar-refractivity contribution in [1.29, 1.82) is 0 Å². The Kier molecular flexibility index (Phi) is 3.75. The van der Waals surface area contributed by atoms with E-state index >= 15 is 0 Å². The fourth-order valence-electron chi connectivity index (χ4n) is 4.21. The molecule has 1 fully saturated rings. The first-order valence-corrected chi connectivity index (χ1v) is 8.07. The number of carbonyl (C=O) groups excluding carboxylic acids is 1. The second kappa shape index (κ2) is 5.42. The van der Waals surface area contributed by atoms with E-state index in [4.69, 9.17) is 0 Å². The molecule has 2 aliphatic carbocycles. The van der Waals surface area contributed by atoms with Crippen molar-refractivity contribution in [3.05, 3.63) is 46.0 Å². The zero-order valence-electron chi connectivity index (χ0n) is 13.1. The third kappa shape index (κ3) is 2.26. The van der Waals surface area contributed by atoms with Crippen LogP contribution in [-0.2, 0) is 11.2 Å². The summed E-state index contributed by atoms with van der Waals surface area (Å²) in [5.41, 5.74) is 5.55. The minimum Gasteiger partial charge on any atom is -0.391 e. The molecule has 2 nitrogen and oxygen atoms in total. The van der Waals surface area contributed by atoms with Crippen molar-refractivity contribution in [2.45, 2.75) is 58.5 Å². The molecule has 1 aromatic rings. The fraction of sp³-hybridized carbons (Fsp3) is 0.526. The van der Waals surface area contributed by atoms with Crippen molar-refractivity contribution in [2.75, 3.05) is 0 Å². The summed E-state index contributed by atoms with van der Waals surface area (Å²) >= 11 is 0. The maximum absolute atomic E-state index is 12.8. The number of carbonyl (C=O) groups is 1. The summed E-state index contributed by atoms with van der Waals surface area (Å²) in [6.07, 6.45) is 5.42. The second-order valence-corrected chi connectivity index (χ2v) is 6.54. The van der Waals surface area contributed by atoms with Crippen molar-refractivity contribution in [2.24, 2.45) is 5.92 Å². The molecule has 0 saturated heterocycles. The van der Waals surface area contributed by atoms with E-state index < -0.39 is 6.10 Å². The van der Waals surface area contributed by atoms with Crippen molar-refractivity contribution in [3.63, 3.8) is 0 Å².